The first kappa shape index (κ1) is 42.8. The van der Waals surface area contributed by atoms with Gasteiger partial charge >= 0.3 is 6.18 Å². The van der Waals surface area contributed by atoms with Crippen molar-refractivity contribution in [3.05, 3.63) is 75.2 Å². The standard InChI is InChI=1S/C36H36ClF3N6O10S/c1-35(2)33(50)44(24-4-3-22(20-41)26(19-24)36(38,39)40)34(57-51)45(35)23-5-7-25(8-6-23)55-17-15-53-13-11-52-12-14-54-16-18-56-28-21-42-46(32(49)30(28)37)27-9-10-29(47)43-31(27)48/h3-8,19,21,27H,9-18H2,1-2H3,(H,43,47,48). The molecule has 0 aliphatic carbocycles. The number of amides is 3. The lowest BCUT2D eigenvalue weighted by Gasteiger charge is -2.29. The van der Waals surface area contributed by atoms with Gasteiger partial charge < -0.3 is 28.6 Å². The van der Waals surface area contributed by atoms with Crippen LogP contribution in [-0.4, -0.2) is 95.2 Å². The summed E-state index contributed by atoms with van der Waals surface area (Å²) in [5.41, 5.74) is -3.65. The fourth-order valence-electron chi connectivity index (χ4n) is 5.86. The predicted molar refractivity (Wildman–Crippen MR) is 198 cm³/mol. The summed E-state index contributed by atoms with van der Waals surface area (Å²) in [5.74, 6) is -1.17. The van der Waals surface area contributed by atoms with E-state index in [1.165, 1.54) is 23.2 Å². The highest BCUT2D eigenvalue weighted by molar-refractivity contribution is 7.67. The number of alkyl halides is 3. The first-order valence-corrected chi connectivity index (χ1v) is 18.4. The van der Waals surface area contributed by atoms with Crippen LogP contribution in [0, 0.1) is 11.3 Å². The third kappa shape index (κ3) is 9.98. The Hall–Kier alpha value is -5.33. The first-order valence-electron chi connectivity index (χ1n) is 17.3. The number of piperidine rings is 1. The van der Waals surface area contributed by atoms with E-state index in [2.05, 4.69) is 10.4 Å². The Morgan fingerprint density at radius 1 is 0.930 bits per heavy atom. The molecule has 1 unspecified atom stereocenters. The maximum atomic E-state index is 13.7. The lowest BCUT2D eigenvalue weighted by molar-refractivity contribution is -0.138. The molecule has 3 heterocycles. The van der Waals surface area contributed by atoms with E-state index in [0.717, 1.165) is 15.6 Å². The van der Waals surface area contributed by atoms with Gasteiger partial charge in [-0.25, -0.2) is 8.89 Å². The van der Waals surface area contributed by atoms with Gasteiger partial charge in [0.1, 0.15) is 41.8 Å². The normalized spacial score (nSPS) is 16.8. The first-order chi connectivity index (χ1) is 27.2. The number of carbonyl (C=O) groups is 3. The van der Waals surface area contributed by atoms with E-state index in [9.17, 15) is 36.6 Å². The Kier molecular flexibility index (Phi) is 14.1. The summed E-state index contributed by atoms with van der Waals surface area (Å²) < 4.78 is 81.9. The van der Waals surface area contributed by atoms with Gasteiger partial charge in [0, 0.05) is 12.1 Å². The number of ether oxygens (including phenoxy) is 5. The quantitative estimate of drug-likeness (QED) is 0.119. The van der Waals surface area contributed by atoms with Crippen LogP contribution in [-0.2, 0) is 46.0 Å². The van der Waals surface area contributed by atoms with E-state index < -0.39 is 52.2 Å². The number of nitrogens with one attached hydrogen (secondary N) is 1. The van der Waals surface area contributed by atoms with Gasteiger partial charge in [0.2, 0.25) is 11.0 Å². The zero-order valence-electron chi connectivity index (χ0n) is 30.5. The van der Waals surface area contributed by atoms with Crippen LogP contribution in [0.15, 0.2) is 53.5 Å². The van der Waals surface area contributed by atoms with E-state index in [4.69, 9.17) is 40.5 Å². The van der Waals surface area contributed by atoms with Crippen LogP contribution in [0.2, 0.25) is 5.02 Å². The zero-order valence-corrected chi connectivity index (χ0v) is 32.1. The lowest BCUT2D eigenvalue weighted by Crippen LogP contribution is -2.45. The van der Waals surface area contributed by atoms with Crippen molar-refractivity contribution in [2.45, 2.75) is 44.4 Å². The molecule has 0 radical (unpaired) electrons. The van der Waals surface area contributed by atoms with Gasteiger partial charge in [-0.1, -0.05) is 11.6 Å². The molecule has 0 spiro atoms. The van der Waals surface area contributed by atoms with Crippen LogP contribution in [0.1, 0.15) is 43.9 Å². The van der Waals surface area contributed by atoms with Gasteiger partial charge in [0.15, 0.2) is 10.8 Å². The van der Waals surface area contributed by atoms with Crippen molar-refractivity contribution in [2.24, 2.45) is 0 Å². The summed E-state index contributed by atoms with van der Waals surface area (Å²) in [6.07, 6.45) is -3.42. The molecule has 2 saturated heterocycles. The van der Waals surface area contributed by atoms with Crippen molar-refractivity contribution in [2.75, 3.05) is 62.7 Å². The van der Waals surface area contributed by atoms with Crippen molar-refractivity contribution in [3.8, 4) is 17.6 Å². The number of benzene rings is 2. The Bertz CT molecular complexity index is 2140. The van der Waals surface area contributed by atoms with E-state index in [1.54, 1.807) is 38.1 Å². The van der Waals surface area contributed by atoms with Crippen molar-refractivity contribution < 1.29 is 55.4 Å². The van der Waals surface area contributed by atoms with Crippen molar-refractivity contribution >= 4 is 57.1 Å². The fraction of sp³-hybridized carbons (Fsp3) is 0.417. The molecule has 16 nitrogen and oxygen atoms in total. The lowest BCUT2D eigenvalue weighted by atomic mass is 10.0. The van der Waals surface area contributed by atoms with E-state index >= 15 is 0 Å². The number of rotatable bonds is 17. The largest absolute Gasteiger partial charge is 0.491 e. The zero-order chi connectivity index (χ0) is 41.3. The van der Waals surface area contributed by atoms with Gasteiger partial charge in [-0.05, 0) is 62.7 Å². The molecule has 5 rings (SSSR count). The van der Waals surface area contributed by atoms with Crippen LogP contribution in [0.25, 0.3) is 0 Å². The summed E-state index contributed by atoms with van der Waals surface area (Å²) in [6.45, 7) is 4.87. The molecule has 3 aromatic rings. The van der Waals surface area contributed by atoms with Crippen LogP contribution in [0.5, 0.6) is 11.5 Å². The minimum atomic E-state index is -4.85. The number of nitriles is 1. The molecule has 2 fully saturated rings. The molecule has 0 bridgehead atoms. The predicted octanol–water partition coefficient (Wildman–Crippen LogP) is 3.20. The Morgan fingerprint density at radius 3 is 2.11 bits per heavy atom. The van der Waals surface area contributed by atoms with Gasteiger partial charge in [0.05, 0.1) is 68.7 Å². The highest BCUT2D eigenvalue weighted by Crippen LogP contribution is 2.39. The monoisotopic (exact) mass is 836 g/mol. The fourth-order valence-corrected chi connectivity index (χ4v) is 6.73. The Labute approximate surface area is 332 Å². The van der Waals surface area contributed by atoms with Gasteiger partial charge in [-0.3, -0.25) is 29.4 Å². The Morgan fingerprint density at radius 2 is 1.53 bits per heavy atom. The van der Waals surface area contributed by atoms with Gasteiger partial charge in [-0.15, -0.1) is 0 Å². The van der Waals surface area contributed by atoms with E-state index in [1.807, 2.05) is 0 Å². The molecule has 1 atom stereocenters. The average molecular weight is 837 g/mol. The van der Waals surface area contributed by atoms with Crippen molar-refractivity contribution in [1.29, 1.82) is 5.26 Å². The second-order valence-corrected chi connectivity index (χ2v) is 13.7. The molecule has 57 heavy (non-hydrogen) atoms. The van der Waals surface area contributed by atoms with Crippen LogP contribution in [0.4, 0.5) is 24.5 Å². The minimum Gasteiger partial charge on any atom is -0.491 e. The maximum Gasteiger partial charge on any atom is 0.417 e. The number of hydrogen-bond donors (Lipinski definition) is 1. The Balaban J connectivity index is 0.979. The topological polar surface area (TPSA) is 192 Å². The van der Waals surface area contributed by atoms with Crippen molar-refractivity contribution in [1.82, 2.24) is 15.1 Å². The van der Waals surface area contributed by atoms with Gasteiger partial charge in [0.25, 0.3) is 17.4 Å². The smallest absolute Gasteiger partial charge is 0.417 e. The molecule has 1 N–H and O–H groups in total. The molecule has 3 amide bonds. The third-order valence-electron chi connectivity index (χ3n) is 8.67. The number of imide groups is 1. The maximum absolute atomic E-state index is 13.7. The second kappa shape index (κ2) is 18.7. The summed E-state index contributed by atoms with van der Waals surface area (Å²) in [5, 5.41) is 14.9. The molecule has 2 aliphatic heterocycles. The number of nitrogens with zero attached hydrogens (tertiary/aromatic N) is 5. The molecule has 1 aromatic heterocycles. The highest BCUT2D eigenvalue weighted by atomic mass is 35.5. The molecule has 2 aliphatic rings. The summed E-state index contributed by atoms with van der Waals surface area (Å²) >= 11 is 6.08. The summed E-state index contributed by atoms with van der Waals surface area (Å²) in [4.78, 5) is 51.9. The van der Waals surface area contributed by atoms with Crippen LogP contribution >= 0.6 is 11.6 Å². The van der Waals surface area contributed by atoms with Crippen molar-refractivity contribution in [3.63, 3.8) is 0 Å². The number of aromatic nitrogens is 2. The number of anilines is 2. The third-order valence-corrected chi connectivity index (χ3v) is 9.53. The SMILES string of the molecule is CC1(C)C(=O)N(c2ccc(C#N)c(C(F)(F)F)c2)C(=S=O)N1c1ccc(OCCOCCOCCOCCOc2cnn(C3CCC(=O)NC3=O)c(=O)c2Cl)cc1. The van der Waals surface area contributed by atoms with Gasteiger partial charge in [-0.2, -0.15) is 23.5 Å². The van der Waals surface area contributed by atoms with E-state index in [-0.39, 0.29) is 98.5 Å². The summed E-state index contributed by atoms with van der Waals surface area (Å²) in [6, 6.07) is 9.88. The summed E-state index contributed by atoms with van der Waals surface area (Å²) in [7, 11) is 0. The molecule has 2 aromatic carbocycles. The molecule has 304 valence electrons. The number of halogens is 4. The molecular formula is C36H36ClF3N6O10S. The van der Waals surface area contributed by atoms with Crippen LogP contribution in [0.3, 0.4) is 0 Å². The molecule has 21 heteroatoms. The molecule has 0 saturated carbocycles. The highest BCUT2D eigenvalue weighted by Gasteiger charge is 2.51. The second-order valence-electron chi connectivity index (χ2n) is 12.8. The van der Waals surface area contributed by atoms with E-state index in [0.29, 0.717) is 17.5 Å². The number of hydrogen-bond acceptors (Lipinski definition) is 12. The minimum absolute atomic E-state index is 0.0312. The average Bonchev–Trinajstić information content (AvgIpc) is 3.38. The van der Waals surface area contributed by atoms with Crippen LogP contribution < -0.4 is 30.1 Å². The number of carbonyl (C=O) groups excluding carboxylic acids is 3. The molecular weight excluding hydrogens is 801 g/mol.